The monoisotopic (exact) mass is 345 g/mol. The molecular weight excluding hydrogens is 326 g/mol. The zero-order chi connectivity index (χ0) is 16.9. The minimum absolute atomic E-state index is 0.0567. The molecule has 2 amide bonds. The fourth-order valence-electron chi connectivity index (χ4n) is 2.70. The van der Waals surface area contributed by atoms with E-state index in [2.05, 4.69) is 4.98 Å². The minimum Gasteiger partial charge on any atom is -0.376 e. The van der Waals surface area contributed by atoms with Gasteiger partial charge < -0.3 is 15.4 Å². The van der Waals surface area contributed by atoms with Crippen LogP contribution in [0.1, 0.15) is 38.4 Å². The number of nitrogens with two attached hydrogens (primary N) is 1. The Balaban J connectivity index is 1.78. The van der Waals surface area contributed by atoms with E-state index in [0.29, 0.717) is 23.5 Å². The second kappa shape index (κ2) is 7.55. The van der Waals surface area contributed by atoms with Gasteiger partial charge in [0.2, 0.25) is 5.91 Å². The molecule has 1 saturated heterocycles. The Bertz CT molecular complexity index is 711. The van der Waals surface area contributed by atoms with Gasteiger partial charge in [0, 0.05) is 37.5 Å². The van der Waals surface area contributed by atoms with Gasteiger partial charge in [-0.15, -0.1) is 11.3 Å². The molecule has 1 aliphatic heterocycles. The Morgan fingerprint density at radius 2 is 2.33 bits per heavy atom. The third kappa shape index (κ3) is 3.98. The standard InChI is InChI=1S/C17H19N3O3S/c18-16(21)13-7-15(24-11-13)17(22)20(10-14-4-2-6-23-14)9-12-3-1-5-19-8-12/h1,3,5,7-8,11,14H,2,4,6,9-10H2,(H2,18,21). The van der Waals surface area contributed by atoms with E-state index in [1.165, 1.54) is 11.3 Å². The maximum absolute atomic E-state index is 12.9. The molecule has 1 fully saturated rings. The Labute approximate surface area is 144 Å². The van der Waals surface area contributed by atoms with Crippen molar-refractivity contribution in [3.63, 3.8) is 0 Å². The van der Waals surface area contributed by atoms with Crippen LogP contribution in [-0.2, 0) is 11.3 Å². The van der Waals surface area contributed by atoms with E-state index in [4.69, 9.17) is 10.5 Å². The highest BCUT2D eigenvalue weighted by atomic mass is 32.1. The molecule has 24 heavy (non-hydrogen) atoms. The molecule has 3 heterocycles. The number of ether oxygens (including phenoxy) is 1. The van der Waals surface area contributed by atoms with Crippen LogP contribution in [0.2, 0.25) is 0 Å². The van der Waals surface area contributed by atoms with Crippen LogP contribution in [0.5, 0.6) is 0 Å². The van der Waals surface area contributed by atoms with Crippen LogP contribution in [0.3, 0.4) is 0 Å². The summed E-state index contributed by atoms with van der Waals surface area (Å²) in [7, 11) is 0. The number of pyridine rings is 1. The topological polar surface area (TPSA) is 85.5 Å². The number of thiophene rings is 1. The molecule has 2 aromatic rings. The predicted octanol–water partition coefficient (Wildman–Crippen LogP) is 2.06. The molecule has 2 N–H and O–H groups in total. The van der Waals surface area contributed by atoms with Crippen LogP contribution in [0.25, 0.3) is 0 Å². The molecule has 126 valence electrons. The fourth-order valence-corrected chi connectivity index (χ4v) is 3.56. The van der Waals surface area contributed by atoms with Crippen molar-refractivity contribution in [3.05, 3.63) is 52.0 Å². The number of hydrogen-bond acceptors (Lipinski definition) is 5. The van der Waals surface area contributed by atoms with E-state index in [1.807, 2.05) is 12.1 Å². The normalized spacial score (nSPS) is 16.9. The number of nitrogens with zero attached hydrogens (tertiary/aromatic N) is 2. The van der Waals surface area contributed by atoms with Gasteiger partial charge >= 0.3 is 0 Å². The second-order valence-corrected chi connectivity index (χ2v) is 6.66. The van der Waals surface area contributed by atoms with Crippen LogP contribution >= 0.6 is 11.3 Å². The number of hydrogen-bond donors (Lipinski definition) is 1. The fraction of sp³-hybridized carbons (Fsp3) is 0.353. The quantitative estimate of drug-likeness (QED) is 0.868. The Morgan fingerprint density at radius 1 is 1.46 bits per heavy atom. The molecule has 3 rings (SSSR count). The summed E-state index contributed by atoms with van der Waals surface area (Å²) in [6.45, 7) is 1.72. The highest BCUT2D eigenvalue weighted by molar-refractivity contribution is 7.12. The van der Waals surface area contributed by atoms with E-state index >= 15 is 0 Å². The molecule has 1 aliphatic rings. The third-order valence-corrected chi connectivity index (χ3v) is 4.84. The summed E-state index contributed by atoms with van der Waals surface area (Å²) in [5, 5.41) is 1.61. The third-order valence-electron chi connectivity index (χ3n) is 3.93. The van der Waals surface area contributed by atoms with Crippen molar-refractivity contribution >= 4 is 23.2 Å². The van der Waals surface area contributed by atoms with Crippen molar-refractivity contribution in [2.75, 3.05) is 13.2 Å². The van der Waals surface area contributed by atoms with Gasteiger partial charge in [0.1, 0.15) is 0 Å². The molecule has 7 heteroatoms. The van der Waals surface area contributed by atoms with Gasteiger partial charge in [-0.25, -0.2) is 0 Å². The predicted molar refractivity (Wildman–Crippen MR) is 90.8 cm³/mol. The average molecular weight is 345 g/mol. The molecule has 2 aromatic heterocycles. The van der Waals surface area contributed by atoms with Crippen molar-refractivity contribution in [1.29, 1.82) is 0 Å². The summed E-state index contributed by atoms with van der Waals surface area (Å²) in [5.41, 5.74) is 6.59. The second-order valence-electron chi connectivity index (χ2n) is 5.75. The van der Waals surface area contributed by atoms with Crippen LogP contribution in [0.15, 0.2) is 36.0 Å². The van der Waals surface area contributed by atoms with E-state index < -0.39 is 5.91 Å². The zero-order valence-electron chi connectivity index (χ0n) is 13.2. The summed E-state index contributed by atoms with van der Waals surface area (Å²) in [5.74, 6) is -0.643. The van der Waals surface area contributed by atoms with Crippen molar-refractivity contribution in [2.45, 2.75) is 25.5 Å². The first-order valence-corrected chi connectivity index (χ1v) is 8.69. The number of carbonyl (C=O) groups excluding carboxylic acids is 2. The van der Waals surface area contributed by atoms with Crippen molar-refractivity contribution in [1.82, 2.24) is 9.88 Å². The first kappa shape index (κ1) is 16.6. The van der Waals surface area contributed by atoms with Crippen LogP contribution in [0.4, 0.5) is 0 Å². The van der Waals surface area contributed by atoms with Crippen LogP contribution in [-0.4, -0.2) is 41.0 Å². The van der Waals surface area contributed by atoms with E-state index in [1.54, 1.807) is 28.7 Å². The van der Waals surface area contributed by atoms with Gasteiger partial charge in [0.25, 0.3) is 5.91 Å². The lowest BCUT2D eigenvalue weighted by molar-refractivity contribution is 0.0510. The summed E-state index contributed by atoms with van der Waals surface area (Å²) in [6, 6.07) is 5.34. The molecule has 0 saturated carbocycles. The molecule has 1 unspecified atom stereocenters. The lowest BCUT2D eigenvalue weighted by Crippen LogP contribution is -2.36. The minimum atomic E-state index is -0.525. The zero-order valence-corrected chi connectivity index (χ0v) is 14.0. The van der Waals surface area contributed by atoms with Gasteiger partial charge in [-0.1, -0.05) is 6.07 Å². The highest BCUT2D eigenvalue weighted by Crippen LogP contribution is 2.21. The first-order chi connectivity index (χ1) is 11.6. The Kier molecular flexibility index (Phi) is 5.22. The van der Waals surface area contributed by atoms with Crippen molar-refractivity contribution in [2.24, 2.45) is 5.73 Å². The van der Waals surface area contributed by atoms with E-state index in [9.17, 15) is 9.59 Å². The van der Waals surface area contributed by atoms with Crippen LogP contribution in [0, 0.1) is 0 Å². The van der Waals surface area contributed by atoms with Gasteiger partial charge in [-0.3, -0.25) is 14.6 Å². The molecule has 0 radical (unpaired) electrons. The van der Waals surface area contributed by atoms with Gasteiger partial charge in [-0.2, -0.15) is 0 Å². The summed E-state index contributed by atoms with van der Waals surface area (Å²) in [6.07, 6.45) is 5.48. The number of aromatic nitrogens is 1. The number of carbonyl (C=O) groups is 2. The van der Waals surface area contributed by atoms with Crippen LogP contribution < -0.4 is 5.73 Å². The SMILES string of the molecule is NC(=O)c1csc(C(=O)N(Cc2cccnc2)CC2CCCO2)c1. The first-order valence-electron chi connectivity index (χ1n) is 7.81. The van der Waals surface area contributed by atoms with Gasteiger partial charge in [-0.05, 0) is 30.5 Å². The summed E-state index contributed by atoms with van der Waals surface area (Å²) in [4.78, 5) is 30.5. The summed E-state index contributed by atoms with van der Waals surface area (Å²) < 4.78 is 5.67. The maximum atomic E-state index is 12.9. The van der Waals surface area contributed by atoms with E-state index in [0.717, 1.165) is 25.0 Å². The Morgan fingerprint density at radius 3 is 2.96 bits per heavy atom. The molecule has 0 aromatic carbocycles. The number of amides is 2. The average Bonchev–Trinajstić information content (AvgIpc) is 3.26. The number of rotatable bonds is 6. The molecule has 1 atom stereocenters. The molecule has 6 nitrogen and oxygen atoms in total. The largest absolute Gasteiger partial charge is 0.376 e. The lowest BCUT2D eigenvalue weighted by atomic mass is 10.2. The van der Waals surface area contributed by atoms with Crippen molar-refractivity contribution in [3.8, 4) is 0 Å². The van der Waals surface area contributed by atoms with Crippen molar-refractivity contribution < 1.29 is 14.3 Å². The number of primary amides is 1. The van der Waals surface area contributed by atoms with E-state index in [-0.39, 0.29) is 12.0 Å². The van der Waals surface area contributed by atoms with Gasteiger partial charge in [0.15, 0.2) is 0 Å². The lowest BCUT2D eigenvalue weighted by Gasteiger charge is -2.25. The molecule has 0 bridgehead atoms. The van der Waals surface area contributed by atoms with Gasteiger partial charge in [0.05, 0.1) is 16.5 Å². The molecule has 0 spiro atoms. The summed E-state index contributed by atoms with van der Waals surface area (Å²) >= 11 is 1.23. The molecular formula is C17H19N3O3S. The maximum Gasteiger partial charge on any atom is 0.264 e. The highest BCUT2D eigenvalue weighted by Gasteiger charge is 2.25. The molecule has 0 aliphatic carbocycles. The Hall–Kier alpha value is -2.25. The smallest absolute Gasteiger partial charge is 0.264 e.